The van der Waals surface area contributed by atoms with Gasteiger partial charge in [0.1, 0.15) is 0 Å². The first kappa shape index (κ1) is 11.4. The molecular formula is C14H27N. The molecule has 0 aromatic heterocycles. The number of hydrogen-bond acceptors (Lipinski definition) is 1. The van der Waals surface area contributed by atoms with E-state index >= 15 is 0 Å². The fraction of sp³-hybridized carbons (Fsp3) is 1.00. The molecule has 0 bridgehead atoms. The number of hydrogen-bond donors (Lipinski definition) is 1. The van der Waals surface area contributed by atoms with Crippen LogP contribution in [0, 0.1) is 17.8 Å². The van der Waals surface area contributed by atoms with Crippen LogP contribution in [0.3, 0.4) is 0 Å². The van der Waals surface area contributed by atoms with Gasteiger partial charge in [-0.15, -0.1) is 0 Å². The summed E-state index contributed by atoms with van der Waals surface area (Å²) in [5, 5.41) is 3.52. The highest BCUT2D eigenvalue weighted by Gasteiger charge is 2.32. The molecule has 1 heteroatoms. The van der Waals surface area contributed by atoms with Crippen molar-refractivity contribution in [1.29, 1.82) is 0 Å². The molecule has 0 amide bonds. The predicted octanol–water partition coefficient (Wildman–Crippen LogP) is 3.59. The van der Waals surface area contributed by atoms with E-state index in [0.717, 1.165) is 24.3 Å². The van der Waals surface area contributed by atoms with Gasteiger partial charge < -0.3 is 5.32 Å². The normalized spacial score (nSPS) is 32.6. The van der Waals surface area contributed by atoms with Crippen LogP contribution in [0.15, 0.2) is 0 Å². The number of nitrogens with one attached hydrogen (secondary N) is 1. The Kier molecular flexibility index (Phi) is 4.49. The standard InChI is InChI=1S/C14H27N/c1-2-15-11-14-9-8-13(14)10-12-6-4-3-5-7-12/h12-15H,2-11H2,1H3. The summed E-state index contributed by atoms with van der Waals surface area (Å²) in [6.45, 7) is 4.65. The average Bonchev–Trinajstić information content (AvgIpc) is 2.26. The third-order valence-electron chi connectivity index (χ3n) is 4.59. The summed E-state index contributed by atoms with van der Waals surface area (Å²) >= 11 is 0. The second-order valence-electron chi connectivity index (χ2n) is 5.64. The Balaban J connectivity index is 1.65. The SMILES string of the molecule is CCNCC1CCC1CC1CCCCC1. The lowest BCUT2D eigenvalue weighted by molar-refractivity contribution is 0.126. The zero-order valence-corrected chi connectivity index (χ0v) is 10.3. The molecule has 0 aromatic rings. The topological polar surface area (TPSA) is 12.0 Å². The Morgan fingerprint density at radius 3 is 2.27 bits per heavy atom. The van der Waals surface area contributed by atoms with Gasteiger partial charge in [-0.25, -0.2) is 0 Å². The van der Waals surface area contributed by atoms with Gasteiger partial charge in [-0.3, -0.25) is 0 Å². The second-order valence-corrected chi connectivity index (χ2v) is 5.64. The average molecular weight is 209 g/mol. The summed E-state index contributed by atoms with van der Waals surface area (Å²) in [4.78, 5) is 0. The molecule has 2 unspecified atom stereocenters. The molecular weight excluding hydrogens is 182 g/mol. The molecule has 0 heterocycles. The Bertz CT molecular complexity index is 172. The molecule has 0 aliphatic heterocycles. The lowest BCUT2D eigenvalue weighted by atomic mass is 9.68. The van der Waals surface area contributed by atoms with Gasteiger partial charge in [0.05, 0.1) is 0 Å². The summed E-state index contributed by atoms with van der Waals surface area (Å²) < 4.78 is 0. The molecule has 2 aliphatic rings. The highest BCUT2D eigenvalue weighted by molar-refractivity contribution is 4.84. The van der Waals surface area contributed by atoms with Crippen molar-refractivity contribution in [3.8, 4) is 0 Å². The highest BCUT2D eigenvalue weighted by atomic mass is 14.9. The maximum absolute atomic E-state index is 3.52. The quantitative estimate of drug-likeness (QED) is 0.729. The summed E-state index contributed by atoms with van der Waals surface area (Å²) in [5.41, 5.74) is 0. The Morgan fingerprint density at radius 2 is 1.67 bits per heavy atom. The second kappa shape index (κ2) is 5.89. The summed E-state index contributed by atoms with van der Waals surface area (Å²) in [6.07, 6.45) is 12.1. The van der Waals surface area contributed by atoms with Crippen LogP contribution in [-0.4, -0.2) is 13.1 Å². The van der Waals surface area contributed by atoms with Crippen LogP contribution < -0.4 is 5.32 Å². The van der Waals surface area contributed by atoms with E-state index in [-0.39, 0.29) is 0 Å². The maximum Gasteiger partial charge on any atom is -0.00180 e. The molecule has 2 aliphatic carbocycles. The van der Waals surface area contributed by atoms with Gasteiger partial charge in [-0.05, 0) is 50.1 Å². The Labute approximate surface area is 95.0 Å². The van der Waals surface area contributed by atoms with Crippen molar-refractivity contribution < 1.29 is 0 Å². The van der Waals surface area contributed by atoms with Crippen LogP contribution in [-0.2, 0) is 0 Å². The van der Waals surface area contributed by atoms with E-state index in [9.17, 15) is 0 Å². The molecule has 88 valence electrons. The lowest BCUT2D eigenvalue weighted by Gasteiger charge is -2.39. The maximum atomic E-state index is 3.52. The van der Waals surface area contributed by atoms with Crippen molar-refractivity contribution in [2.24, 2.45) is 17.8 Å². The van der Waals surface area contributed by atoms with Crippen LogP contribution in [0.2, 0.25) is 0 Å². The van der Waals surface area contributed by atoms with Crippen molar-refractivity contribution in [2.45, 2.75) is 58.3 Å². The molecule has 2 rings (SSSR count). The molecule has 0 aromatic carbocycles. The lowest BCUT2D eigenvalue weighted by Crippen LogP contribution is -2.36. The zero-order valence-electron chi connectivity index (χ0n) is 10.3. The van der Waals surface area contributed by atoms with Gasteiger partial charge >= 0.3 is 0 Å². The largest absolute Gasteiger partial charge is 0.317 e. The molecule has 0 spiro atoms. The van der Waals surface area contributed by atoms with Gasteiger partial charge in [-0.2, -0.15) is 0 Å². The van der Waals surface area contributed by atoms with Gasteiger partial charge in [0.25, 0.3) is 0 Å². The minimum Gasteiger partial charge on any atom is -0.317 e. The molecule has 2 saturated carbocycles. The van der Waals surface area contributed by atoms with E-state index in [2.05, 4.69) is 12.2 Å². The van der Waals surface area contributed by atoms with E-state index in [0.29, 0.717) is 0 Å². The zero-order chi connectivity index (χ0) is 10.5. The predicted molar refractivity (Wildman–Crippen MR) is 65.9 cm³/mol. The smallest absolute Gasteiger partial charge is 0.00180 e. The van der Waals surface area contributed by atoms with Crippen molar-refractivity contribution in [3.63, 3.8) is 0 Å². The fourth-order valence-corrected chi connectivity index (χ4v) is 3.40. The molecule has 1 nitrogen and oxygen atoms in total. The van der Waals surface area contributed by atoms with Crippen molar-refractivity contribution in [1.82, 2.24) is 5.32 Å². The van der Waals surface area contributed by atoms with Crippen molar-refractivity contribution in [3.05, 3.63) is 0 Å². The van der Waals surface area contributed by atoms with Gasteiger partial charge in [0.2, 0.25) is 0 Å². The fourth-order valence-electron chi connectivity index (χ4n) is 3.40. The number of rotatable bonds is 5. The minimum absolute atomic E-state index is 1.02. The third-order valence-corrected chi connectivity index (χ3v) is 4.59. The summed E-state index contributed by atoms with van der Waals surface area (Å²) in [6, 6.07) is 0. The third kappa shape index (κ3) is 3.21. The van der Waals surface area contributed by atoms with E-state index in [4.69, 9.17) is 0 Å². The molecule has 0 radical (unpaired) electrons. The van der Waals surface area contributed by atoms with Crippen molar-refractivity contribution in [2.75, 3.05) is 13.1 Å². The molecule has 1 N–H and O–H groups in total. The van der Waals surface area contributed by atoms with E-state index in [1.165, 1.54) is 51.5 Å². The Morgan fingerprint density at radius 1 is 0.933 bits per heavy atom. The van der Waals surface area contributed by atoms with Crippen LogP contribution in [0.25, 0.3) is 0 Å². The molecule has 15 heavy (non-hydrogen) atoms. The van der Waals surface area contributed by atoms with E-state index in [1.807, 2.05) is 0 Å². The minimum atomic E-state index is 1.02. The van der Waals surface area contributed by atoms with Crippen LogP contribution >= 0.6 is 0 Å². The first-order valence-electron chi connectivity index (χ1n) is 7.11. The molecule has 2 atom stereocenters. The highest BCUT2D eigenvalue weighted by Crippen LogP contribution is 2.41. The first-order chi connectivity index (χ1) is 7.40. The van der Waals surface area contributed by atoms with Gasteiger partial charge in [0, 0.05) is 0 Å². The molecule has 2 fully saturated rings. The van der Waals surface area contributed by atoms with E-state index < -0.39 is 0 Å². The molecule has 0 saturated heterocycles. The van der Waals surface area contributed by atoms with E-state index in [1.54, 1.807) is 6.42 Å². The first-order valence-corrected chi connectivity index (χ1v) is 7.11. The Hall–Kier alpha value is -0.0400. The summed E-state index contributed by atoms with van der Waals surface area (Å²) in [5.74, 6) is 3.19. The monoisotopic (exact) mass is 209 g/mol. The summed E-state index contributed by atoms with van der Waals surface area (Å²) in [7, 11) is 0. The van der Waals surface area contributed by atoms with Crippen molar-refractivity contribution >= 4 is 0 Å². The van der Waals surface area contributed by atoms with Crippen LogP contribution in [0.1, 0.15) is 58.3 Å². The van der Waals surface area contributed by atoms with Crippen LogP contribution in [0.4, 0.5) is 0 Å². The van der Waals surface area contributed by atoms with Gasteiger partial charge in [-0.1, -0.05) is 39.0 Å². The van der Waals surface area contributed by atoms with Crippen LogP contribution in [0.5, 0.6) is 0 Å². The van der Waals surface area contributed by atoms with Gasteiger partial charge in [0.15, 0.2) is 0 Å².